The Morgan fingerprint density at radius 3 is 2.58 bits per heavy atom. The van der Waals surface area contributed by atoms with Crippen LogP contribution in [-0.2, 0) is 7.05 Å². The van der Waals surface area contributed by atoms with Crippen molar-refractivity contribution in [3.8, 4) is 0 Å². The molecule has 0 unspecified atom stereocenters. The predicted molar refractivity (Wildman–Crippen MR) is 48.0 cm³/mol. The highest BCUT2D eigenvalue weighted by atomic mass is 16.4. The Balaban J connectivity index is 3.64. The van der Waals surface area contributed by atoms with Crippen LogP contribution >= 0.6 is 0 Å². The van der Waals surface area contributed by atoms with Crippen LogP contribution in [0.1, 0.15) is 6.92 Å². The molecule has 0 aromatic carbocycles. The highest BCUT2D eigenvalue weighted by molar-refractivity contribution is 5.41. The topological polar surface area (TPSA) is 35.1 Å². The Morgan fingerprint density at radius 2 is 2.25 bits per heavy atom. The summed E-state index contributed by atoms with van der Waals surface area (Å²) >= 11 is 0. The largest absolute Gasteiger partial charge is 0.419 e. The second-order valence-corrected chi connectivity index (χ2v) is 2.73. The van der Waals surface area contributed by atoms with E-state index in [1.54, 1.807) is 13.1 Å². The second kappa shape index (κ2) is 2.85. The SMILES string of the molecule is C=C(C)/C=c1\c(=C)oc(=O)n1C. The van der Waals surface area contributed by atoms with Crippen molar-refractivity contribution in [1.29, 1.82) is 0 Å². The molecule has 1 rings (SSSR count). The summed E-state index contributed by atoms with van der Waals surface area (Å²) in [7, 11) is 1.63. The van der Waals surface area contributed by atoms with E-state index in [0.29, 0.717) is 10.8 Å². The zero-order valence-corrected chi connectivity index (χ0v) is 7.26. The van der Waals surface area contributed by atoms with Gasteiger partial charge in [0.1, 0.15) is 5.42 Å². The molecule has 3 heteroatoms. The fourth-order valence-electron chi connectivity index (χ4n) is 0.922. The van der Waals surface area contributed by atoms with Crippen molar-refractivity contribution < 1.29 is 4.42 Å². The third-order valence-electron chi connectivity index (χ3n) is 1.51. The number of allylic oxidation sites excluding steroid dienone is 1. The predicted octanol–water partition coefficient (Wildman–Crippen LogP) is -0.255. The Kier molecular flexibility index (Phi) is 2.04. The van der Waals surface area contributed by atoms with Gasteiger partial charge in [0.15, 0.2) is 0 Å². The minimum Gasteiger partial charge on any atom is -0.408 e. The van der Waals surface area contributed by atoms with E-state index in [1.165, 1.54) is 4.57 Å². The van der Waals surface area contributed by atoms with Crippen molar-refractivity contribution in [2.75, 3.05) is 0 Å². The number of hydrogen-bond acceptors (Lipinski definition) is 2. The molecule has 0 spiro atoms. The smallest absolute Gasteiger partial charge is 0.408 e. The lowest BCUT2D eigenvalue weighted by atomic mass is 10.3. The molecule has 0 radical (unpaired) electrons. The lowest BCUT2D eigenvalue weighted by molar-refractivity contribution is 0.471. The quantitative estimate of drug-likeness (QED) is 0.575. The summed E-state index contributed by atoms with van der Waals surface area (Å²) in [6, 6.07) is 0. The van der Waals surface area contributed by atoms with E-state index in [2.05, 4.69) is 13.2 Å². The van der Waals surface area contributed by atoms with Gasteiger partial charge in [0.05, 0.1) is 5.35 Å². The van der Waals surface area contributed by atoms with Crippen LogP contribution in [0.4, 0.5) is 0 Å². The molecule has 1 aromatic heterocycles. The second-order valence-electron chi connectivity index (χ2n) is 2.73. The highest BCUT2D eigenvalue weighted by Gasteiger charge is 1.97. The maximum Gasteiger partial charge on any atom is 0.419 e. The monoisotopic (exact) mass is 165 g/mol. The molecule has 0 fully saturated rings. The van der Waals surface area contributed by atoms with Gasteiger partial charge in [-0.1, -0.05) is 18.7 Å². The summed E-state index contributed by atoms with van der Waals surface area (Å²) in [5.41, 5.74) is 1.24. The maximum absolute atomic E-state index is 10.9. The molecule has 0 aliphatic rings. The Bertz CT molecular complexity index is 462. The van der Waals surface area contributed by atoms with E-state index in [0.717, 1.165) is 5.57 Å². The van der Waals surface area contributed by atoms with Crippen LogP contribution < -0.4 is 16.5 Å². The fourth-order valence-corrected chi connectivity index (χ4v) is 0.922. The fraction of sp³-hybridized carbons (Fsp3) is 0.222. The van der Waals surface area contributed by atoms with Crippen molar-refractivity contribution in [2.45, 2.75) is 6.92 Å². The van der Waals surface area contributed by atoms with E-state index in [1.807, 2.05) is 6.92 Å². The normalized spacial score (nSPS) is 12.0. The van der Waals surface area contributed by atoms with Gasteiger partial charge in [-0.25, -0.2) is 4.79 Å². The Morgan fingerprint density at radius 1 is 1.67 bits per heavy atom. The standard InChI is InChI=1S/C9H11NO2/c1-6(2)5-8-7(3)12-9(11)10(8)4/h5H,1,3H2,2,4H3/b8-5+. The van der Waals surface area contributed by atoms with Gasteiger partial charge in [-0.3, -0.25) is 4.57 Å². The summed E-state index contributed by atoms with van der Waals surface area (Å²) in [5.74, 6) is -0.396. The first-order chi connectivity index (χ1) is 5.52. The van der Waals surface area contributed by atoms with Gasteiger partial charge in [-0.2, -0.15) is 0 Å². The summed E-state index contributed by atoms with van der Waals surface area (Å²) in [5, 5.41) is 0.674. The van der Waals surface area contributed by atoms with Gasteiger partial charge in [0.2, 0.25) is 0 Å². The zero-order valence-electron chi connectivity index (χ0n) is 7.26. The summed E-state index contributed by atoms with van der Waals surface area (Å²) in [4.78, 5) is 10.9. The number of rotatable bonds is 1. The van der Waals surface area contributed by atoms with E-state index >= 15 is 0 Å². The molecule has 64 valence electrons. The van der Waals surface area contributed by atoms with Crippen molar-refractivity contribution >= 4 is 12.7 Å². The average molecular weight is 165 g/mol. The van der Waals surface area contributed by atoms with E-state index in [4.69, 9.17) is 4.42 Å². The van der Waals surface area contributed by atoms with Crippen LogP contribution in [0.25, 0.3) is 12.7 Å². The Labute approximate surface area is 69.9 Å². The van der Waals surface area contributed by atoms with Crippen LogP contribution in [0.2, 0.25) is 0 Å². The third-order valence-corrected chi connectivity index (χ3v) is 1.51. The van der Waals surface area contributed by atoms with Crippen LogP contribution in [0.15, 0.2) is 21.4 Å². The van der Waals surface area contributed by atoms with Crippen molar-refractivity contribution in [1.82, 2.24) is 4.57 Å². The lowest BCUT2D eigenvalue weighted by Crippen LogP contribution is -2.29. The van der Waals surface area contributed by atoms with Gasteiger partial charge in [0, 0.05) is 7.05 Å². The van der Waals surface area contributed by atoms with Gasteiger partial charge in [-0.05, 0) is 13.0 Å². The molecular weight excluding hydrogens is 154 g/mol. The first kappa shape index (κ1) is 8.59. The third kappa shape index (κ3) is 1.39. The van der Waals surface area contributed by atoms with E-state index < -0.39 is 5.76 Å². The number of nitrogens with zero attached hydrogens (tertiary/aromatic N) is 1. The first-order valence-electron chi connectivity index (χ1n) is 3.54. The van der Waals surface area contributed by atoms with Gasteiger partial charge >= 0.3 is 5.76 Å². The molecule has 0 N–H and O–H groups in total. The molecule has 0 saturated heterocycles. The summed E-state index contributed by atoms with van der Waals surface area (Å²) in [6.45, 7) is 9.14. The molecule has 0 saturated carbocycles. The molecule has 1 aromatic rings. The summed E-state index contributed by atoms with van der Waals surface area (Å²) < 4.78 is 6.17. The zero-order chi connectivity index (χ0) is 9.30. The number of hydrogen-bond donors (Lipinski definition) is 0. The van der Waals surface area contributed by atoms with Gasteiger partial charge in [0.25, 0.3) is 0 Å². The van der Waals surface area contributed by atoms with Crippen molar-refractivity contribution in [2.24, 2.45) is 7.05 Å². The molecule has 0 aliphatic carbocycles. The minimum atomic E-state index is -0.396. The van der Waals surface area contributed by atoms with E-state index in [-0.39, 0.29) is 0 Å². The molecule has 0 atom stereocenters. The van der Waals surface area contributed by atoms with Crippen molar-refractivity contribution in [3.63, 3.8) is 0 Å². The van der Waals surface area contributed by atoms with Gasteiger partial charge < -0.3 is 4.42 Å². The molecule has 12 heavy (non-hydrogen) atoms. The van der Waals surface area contributed by atoms with Crippen LogP contribution in [0.3, 0.4) is 0 Å². The average Bonchev–Trinajstić information content (AvgIpc) is 2.16. The first-order valence-corrected chi connectivity index (χ1v) is 3.54. The summed E-state index contributed by atoms with van der Waals surface area (Å²) in [6.07, 6.45) is 1.76. The molecule has 1 heterocycles. The van der Waals surface area contributed by atoms with E-state index in [9.17, 15) is 4.79 Å². The van der Waals surface area contributed by atoms with Crippen LogP contribution in [0, 0.1) is 0 Å². The van der Waals surface area contributed by atoms with Gasteiger partial charge in [-0.15, -0.1) is 0 Å². The van der Waals surface area contributed by atoms with Crippen molar-refractivity contribution in [3.05, 3.63) is 33.5 Å². The Hall–Kier alpha value is -1.51. The molecule has 0 amide bonds. The molecular formula is C9H11NO2. The minimum absolute atomic E-state index is 0.380. The van der Waals surface area contributed by atoms with Crippen LogP contribution in [-0.4, -0.2) is 4.57 Å². The maximum atomic E-state index is 10.9. The molecule has 0 bridgehead atoms. The molecule has 0 aliphatic heterocycles. The highest BCUT2D eigenvalue weighted by Crippen LogP contribution is 1.84. The number of oxazole rings is 1. The van der Waals surface area contributed by atoms with Crippen LogP contribution in [0.5, 0.6) is 0 Å². The lowest BCUT2D eigenvalue weighted by Gasteiger charge is -1.86. The molecule has 3 nitrogen and oxygen atoms in total. The number of aromatic nitrogens is 1.